The number of aliphatic imine (C=N–C) groups is 2. The zero-order valence-electron chi connectivity index (χ0n) is 17.1. The van der Waals surface area contributed by atoms with Gasteiger partial charge in [-0.3, -0.25) is 14.8 Å². The van der Waals surface area contributed by atoms with E-state index in [9.17, 15) is 4.79 Å². The first-order valence-corrected chi connectivity index (χ1v) is 10.3. The highest BCUT2D eigenvalue weighted by atomic mass is 16.1. The number of nitrogens with zero attached hydrogens (tertiary/aromatic N) is 2. The number of hydrogen-bond donors (Lipinski definition) is 5. The van der Waals surface area contributed by atoms with Crippen LogP contribution in [-0.2, 0) is 4.79 Å². The van der Waals surface area contributed by atoms with Crippen molar-refractivity contribution in [2.75, 3.05) is 26.2 Å². The molecule has 1 atom stereocenters. The molecule has 0 saturated carbocycles. The molecule has 0 amide bonds. The quantitative estimate of drug-likeness (QED) is 0.136. The molecular weight excluding hydrogens is 342 g/mol. The first-order chi connectivity index (χ1) is 12.9. The second-order valence-electron chi connectivity index (χ2n) is 7.10. The molecule has 8 nitrogen and oxygen atoms in total. The number of unbranched alkanes of at least 4 members (excludes halogenated alkanes) is 6. The van der Waals surface area contributed by atoms with E-state index >= 15 is 0 Å². The van der Waals surface area contributed by atoms with E-state index < -0.39 is 0 Å². The molecule has 27 heavy (non-hydrogen) atoms. The van der Waals surface area contributed by atoms with Gasteiger partial charge >= 0.3 is 0 Å². The average molecular weight is 384 g/mol. The molecule has 0 aliphatic heterocycles. The molecule has 0 aliphatic rings. The van der Waals surface area contributed by atoms with Gasteiger partial charge in [0.05, 0.1) is 0 Å². The van der Waals surface area contributed by atoms with Crippen LogP contribution in [0.25, 0.3) is 0 Å². The van der Waals surface area contributed by atoms with E-state index in [0.29, 0.717) is 18.7 Å². The van der Waals surface area contributed by atoms with Crippen molar-refractivity contribution in [2.45, 2.75) is 71.1 Å². The van der Waals surface area contributed by atoms with Gasteiger partial charge in [0.25, 0.3) is 0 Å². The van der Waals surface area contributed by atoms with Crippen molar-refractivity contribution in [3.63, 3.8) is 0 Å². The third kappa shape index (κ3) is 18.8. The highest BCUT2D eigenvalue weighted by Gasteiger charge is 2.11. The van der Waals surface area contributed by atoms with E-state index in [0.717, 1.165) is 45.3 Å². The maximum atomic E-state index is 12.1. The molecule has 0 aromatic rings. The third-order valence-corrected chi connectivity index (χ3v) is 4.49. The van der Waals surface area contributed by atoms with Crippen molar-refractivity contribution >= 4 is 17.7 Å². The normalized spacial score (nSPS) is 11.7. The van der Waals surface area contributed by atoms with Crippen LogP contribution in [0.2, 0.25) is 0 Å². The highest BCUT2D eigenvalue weighted by Crippen LogP contribution is 2.09. The van der Waals surface area contributed by atoms with Gasteiger partial charge in [0.2, 0.25) is 0 Å². The predicted molar refractivity (Wildman–Crippen MR) is 115 cm³/mol. The number of hydrogen-bond acceptors (Lipinski definition) is 4. The van der Waals surface area contributed by atoms with E-state index in [1.807, 2.05) is 6.92 Å². The fourth-order valence-electron chi connectivity index (χ4n) is 2.75. The molecule has 0 bridgehead atoms. The van der Waals surface area contributed by atoms with Crippen LogP contribution in [-0.4, -0.2) is 43.9 Å². The Labute approximate surface area is 164 Å². The number of nitrogens with two attached hydrogens (primary N) is 4. The van der Waals surface area contributed by atoms with Gasteiger partial charge in [-0.1, -0.05) is 32.6 Å². The Morgan fingerprint density at radius 3 is 1.89 bits per heavy atom. The molecule has 0 fully saturated rings. The van der Waals surface area contributed by atoms with Crippen LogP contribution in [0.5, 0.6) is 0 Å². The second-order valence-corrected chi connectivity index (χ2v) is 7.10. The van der Waals surface area contributed by atoms with Crippen molar-refractivity contribution in [3.05, 3.63) is 0 Å². The molecule has 0 aromatic carbocycles. The molecule has 8 heteroatoms. The Morgan fingerprint density at radius 1 is 0.778 bits per heavy atom. The largest absolute Gasteiger partial charge is 0.370 e. The standard InChI is InChI=1S/C19H41N7O/c1-16(17(27)10-6-9-14-26-19(22)23)11-15-24-12-7-4-2-3-5-8-13-25-18(20)21/h16,24H,2-15H2,1H3,(H4,20,21,25)(H4,22,23,26). The van der Waals surface area contributed by atoms with Crippen LogP contribution in [0.4, 0.5) is 0 Å². The van der Waals surface area contributed by atoms with Crippen molar-refractivity contribution in [3.8, 4) is 0 Å². The van der Waals surface area contributed by atoms with Gasteiger partial charge < -0.3 is 28.3 Å². The second kappa shape index (κ2) is 17.6. The minimum absolute atomic E-state index is 0.114. The Morgan fingerprint density at radius 2 is 1.30 bits per heavy atom. The van der Waals surface area contributed by atoms with Crippen LogP contribution >= 0.6 is 0 Å². The summed E-state index contributed by atoms with van der Waals surface area (Å²) in [6, 6.07) is 0. The number of carbonyl (C=O) groups is 1. The molecule has 0 aliphatic carbocycles. The summed E-state index contributed by atoms with van der Waals surface area (Å²) in [6.45, 7) is 5.27. The fraction of sp³-hybridized carbons (Fsp3) is 0.842. The molecule has 158 valence electrons. The Kier molecular flexibility index (Phi) is 16.4. The molecule has 0 spiro atoms. The predicted octanol–water partition coefficient (Wildman–Crippen LogP) is 1.23. The van der Waals surface area contributed by atoms with Gasteiger partial charge in [0.1, 0.15) is 5.78 Å². The summed E-state index contributed by atoms with van der Waals surface area (Å²) < 4.78 is 0. The summed E-state index contributed by atoms with van der Waals surface area (Å²) in [5.41, 5.74) is 21.1. The molecule has 9 N–H and O–H groups in total. The summed E-state index contributed by atoms with van der Waals surface area (Å²) in [4.78, 5) is 19.9. The van der Waals surface area contributed by atoms with Gasteiger partial charge in [-0.2, -0.15) is 0 Å². The van der Waals surface area contributed by atoms with E-state index in [-0.39, 0.29) is 17.8 Å². The SMILES string of the molecule is CC(CCNCCCCCCCCN=C(N)N)C(=O)CCCCN=C(N)N. The lowest BCUT2D eigenvalue weighted by atomic mass is 9.98. The van der Waals surface area contributed by atoms with Crippen molar-refractivity contribution in [1.82, 2.24) is 5.32 Å². The summed E-state index contributed by atoms with van der Waals surface area (Å²) in [6.07, 6.45) is 10.3. The third-order valence-electron chi connectivity index (χ3n) is 4.49. The molecule has 0 saturated heterocycles. The van der Waals surface area contributed by atoms with E-state index in [4.69, 9.17) is 22.9 Å². The smallest absolute Gasteiger partial charge is 0.185 e. The van der Waals surface area contributed by atoms with E-state index in [2.05, 4.69) is 15.3 Å². The van der Waals surface area contributed by atoms with Gasteiger partial charge in [-0.05, 0) is 45.2 Å². The number of carbonyl (C=O) groups excluding carboxylic acids is 1. The maximum Gasteiger partial charge on any atom is 0.185 e. The lowest BCUT2D eigenvalue weighted by Gasteiger charge is -2.11. The summed E-state index contributed by atoms with van der Waals surface area (Å²) in [7, 11) is 0. The summed E-state index contributed by atoms with van der Waals surface area (Å²) in [5, 5.41) is 3.44. The van der Waals surface area contributed by atoms with Crippen molar-refractivity contribution < 1.29 is 4.79 Å². The Hall–Kier alpha value is -1.83. The van der Waals surface area contributed by atoms with E-state index in [1.165, 1.54) is 32.1 Å². The summed E-state index contributed by atoms with van der Waals surface area (Å²) in [5.74, 6) is 0.747. The highest BCUT2D eigenvalue weighted by molar-refractivity contribution is 5.80. The lowest BCUT2D eigenvalue weighted by Crippen LogP contribution is -2.23. The van der Waals surface area contributed by atoms with Crippen LogP contribution in [0.3, 0.4) is 0 Å². The van der Waals surface area contributed by atoms with E-state index in [1.54, 1.807) is 0 Å². The van der Waals surface area contributed by atoms with Crippen LogP contribution in [0.15, 0.2) is 9.98 Å². The molecule has 0 radical (unpaired) electrons. The average Bonchev–Trinajstić information content (AvgIpc) is 2.61. The number of nitrogens with one attached hydrogen (secondary N) is 1. The number of ketones is 1. The molecule has 0 heterocycles. The topological polar surface area (TPSA) is 158 Å². The van der Waals surface area contributed by atoms with Crippen LogP contribution in [0, 0.1) is 5.92 Å². The fourth-order valence-corrected chi connectivity index (χ4v) is 2.75. The van der Waals surface area contributed by atoms with Gasteiger partial charge in [-0.25, -0.2) is 0 Å². The number of Topliss-reactive ketones (excluding diaryl/α,β-unsaturated/α-hetero) is 1. The van der Waals surface area contributed by atoms with Gasteiger partial charge in [0.15, 0.2) is 11.9 Å². The first kappa shape index (κ1) is 25.2. The minimum Gasteiger partial charge on any atom is -0.370 e. The molecular formula is C19H41N7O. The Balaban J connectivity index is 3.39. The zero-order valence-corrected chi connectivity index (χ0v) is 17.1. The van der Waals surface area contributed by atoms with Crippen molar-refractivity contribution in [1.29, 1.82) is 0 Å². The zero-order chi connectivity index (χ0) is 20.3. The number of rotatable bonds is 18. The van der Waals surface area contributed by atoms with Crippen LogP contribution < -0.4 is 28.3 Å². The monoisotopic (exact) mass is 383 g/mol. The number of guanidine groups is 2. The first-order valence-electron chi connectivity index (χ1n) is 10.3. The maximum absolute atomic E-state index is 12.1. The van der Waals surface area contributed by atoms with Gasteiger partial charge in [0, 0.05) is 25.4 Å². The molecule has 0 aromatic heterocycles. The minimum atomic E-state index is 0.114. The summed E-state index contributed by atoms with van der Waals surface area (Å²) >= 11 is 0. The van der Waals surface area contributed by atoms with Crippen molar-refractivity contribution in [2.24, 2.45) is 38.8 Å². The molecule has 1 unspecified atom stereocenters. The molecule has 0 rings (SSSR count). The lowest BCUT2D eigenvalue weighted by molar-refractivity contribution is -0.122. The van der Waals surface area contributed by atoms with Gasteiger partial charge in [-0.15, -0.1) is 0 Å². The Bertz CT molecular complexity index is 430. The van der Waals surface area contributed by atoms with Crippen LogP contribution in [0.1, 0.15) is 71.1 Å².